The van der Waals surface area contributed by atoms with E-state index in [1.165, 1.54) is 48.4 Å². The molecule has 0 unspecified atom stereocenters. The van der Waals surface area contributed by atoms with Crippen LogP contribution in [-0.2, 0) is 6.42 Å². The second kappa shape index (κ2) is 6.28. The molecular formula is C24H27N3O. The second-order valence-corrected chi connectivity index (χ2v) is 8.60. The molecule has 3 aromatic rings. The van der Waals surface area contributed by atoms with E-state index >= 15 is 0 Å². The fourth-order valence-electron chi connectivity index (χ4n) is 5.71. The van der Waals surface area contributed by atoms with Crippen LogP contribution in [0.1, 0.15) is 23.5 Å². The highest BCUT2D eigenvalue weighted by Gasteiger charge is 2.44. The van der Waals surface area contributed by atoms with Crippen LogP contribution in [-0.4, -0.2) is 50.7 Å². The van der Waals surface area contributed by atoms with Gasteiger partial charge in [0.25, 0.3) is 0 Å². The van der Waals surface area contributed by atoms with Crippen molar-refractivity contribution in [3.63, 3.8) is 0 Å². The zero-order valence-electron chi connectivity index (χ0n) is 16.5. The molecule has 28 heavy (non-hydrogen) atoms. The average Bonchev–Trinajstić information content (AvgIpc) is 3.33. The molecule has 144 valence electrons. The van der Waals surface area contributed by atoms with Gasteiger partial charge in [0.1, 0.15) is 5.58 Å². The molecule has 0 amide bonds. The van der Waals surface area contributed by atoms with Crippen LogP contribution >= 0.6 is 0 Å². The third-order valence-corrected chi connectivity index (χ3v) is 7.14. The summed E-state index contributed by atoms with van der Waals surface area (Å²) in [5, 5.41) is 1.21. The van der Waals surface area contributed by atoms with Crippen molar-refractivity contribution >= 4 is 22.3 Å². The van der Waals surface area contributed by atoms with E-state index in [1.54, 1.807) is 11.8 Å². The minimum absolute atomic E-state index is 0.648. The van der Waals surface area contributed by atoms with Gasteiger partial charge >= 0.3 is 0 Å². The van der Waals surface area contributed by atoms with Gasteiger partial charge in [0, 0.05) is 57.1 Å². The molecule has 1 fully saturated rings. The number of nitrogens with zero attached hydrogens (tertiary/aromatic N) is 3. The van der Waals surface area contributed by atoms with Gasteiger partial charge in [0.2, 0.25) is 0 Å². The van der Waals surface area contributed by atoms with Gasteiger partial charge in [-0.15, -0.1) is 0 Å². The third-order valence-electron chi connectivity index (χ3n) is 7.14. The fourth-order valence-corrected chi connectivity index (χ4v) is 5.71. The van der Waals surface area contributed by atoms with Gasteiger partial charge in [-0.05, 0) is 36.1 Å². The first kappa shape index (κ1) is 16.5. The minimum Gasteiger partial charge on any atom is -0.464 e. The van der Waals surface area contributed by atoms with Crippen molar-refractivity contribution in [2.24, 2.45) is 0 Å². The van der Waals surface area contributed by atoms with Crippen LogP contribution in [0.3, 0.4) is 0 Å². The standard InChI is InChI=1S/C24H27N3O/c1-25-13-14-27-21-9-12-26(16-20(21)19-6-3-7-22(25)23(19)27)11-8-17-4-2-5-18-10-15-28-24(17)18/h2-7,10,15,20-21H,8-9,11-14,16H2,1H3/t20-,21-/m0/s1. The Hall–Kier alpha value is -2.46. The summed E-state index contributed by atoms with van der Waals surface area (Å²) in [7, 11) is 2.23. The lowest BCUT2D eigenvalue weighted by molar-refractivity contribution is 0.195. The van der Waals surface area contributed by atoms with E-state index in [1.807, 2.05) is 0 Å². The van der Waals surface area contributed by atoms with Crippen molar-refractivity contribution in [1.29, 1.82) is 0 Å². The van der Waals surface area contributed by atoms with E-state index in [2.05, 4.69) is 64.2 Å². The number of anilines is 2. The molecule has 3 aliphatic rings. The first-order valence-electron chi connectivity index (χ1n) is 10.6. The Morgan fingerprint density at radius 1 is 1.04 bits per heavy atom. The Labute approximate surface area is 166 Å². The molecule has 4 heteroatoms. The van der Waals surface area contributed by atoms with Crippen LogP contribution in [0, 0.1) is 0 Å². The lowest BCUT2D eigenvalue weighted by Crippen LogP contribution is -2.49. The molecule has 3 aliphatic heterocycles. The minimum atomic E-state index is 0.648. The van der Waals surface area contributed by atoms with Crippen LogP contribution in [0.15, 0.2) is 53.1 Å². The first-order valence-corrected chi connectivity index (χ1v) is 10.6. The molecule has 4 nitrogen and oxygen atoms in total. The molecule has 1 saturated heterocycles. The topological polar surface area (TPSA) is 22.9 Å². The molecule has 0 N–H and O–H groups in total. The normalized spacial score (nSPS) is 23.9. The summed E-state index contributed by atoms with van der Waals surface area (Å²) < 4.78 is 5.73. The Kier molecular flexibility index (Phi) is 3.70. The van der Waals surface area contributed by atoms with Crippen LogP contribution < -0.4 is 9.80 Å². The number of hydrogen-bond acceptors (Lipinski definition) is 4. The first-order chi connectivity index (χ1) is 13.8. The number of hydrogen-bond donors (Lipinski definition) is 0. The number of likely N-dealkylation sites (tertiary alicyclic amines) is 1. The van der Waals surface area contributed by atoms with Crippen LogP contribution in [0.5, 0.6) is 0 Å². The quantitative estimate of drug-likeness (QED) is 0.689. The Balaban J connectivity index is 1.23. The van der Waals surface area contributed by atoms with Gasteiger partial charge in [0.05, 0.1) is 17.6 Å². The van der Waals surface area contributed by atoms with Gasteiger partial charge in [-0.2, -0.15) is 0 Å². The molecular weight excluding hydrogens is 346 g/mol. The Morgan fingerprint density at radius 3 is 2.93 bits per heavy atom. The van der Waals surface area contributed by atoms with Crippen molar-refractivity contribution in [1.82, 2.24) is 4.90 Å². The van der Waals surface area contributed by atoms with Crippen LogP contribution in [0.4, 0.5) is 11.4 Å². The van der Waals surface area contributed by atoms with Crippen molar-refractivity contribution in [3.8, 4) is 0 Å². The van der Waals surface area contributed by atoms with E-state index in [-0.39, 0.29) is 0 Å². The second-order valence-electron chi connectivity index (χ2n) is 8.60. The summed E-state index contributed by atoms with van der Waals surface area (Å²) in [6.07, 6.45) is 4.13. The number of fused-ring (bicyclic) bond motifs is 4. The van der Waals surface area contributed by atoms with E-state index in [0.29, 0.717) is 12.0 Å². The van der Waals surface area contributed by atoms with Gasteiger partial charge in [-0.1, -0.05) is 30.3 Å². The summed E-state index contributed by atoms with van der Waals surface area (Å²) in [4.78, 5) is 7.81. The number of rotatable bonds is 3. The fraction of sp³-hybridized carbons (Fsp3) is 0.417. The van der Waals surface area contributed by atoms with E-state index in [4.69, 9.17) is 4.42 Å². The molecule has 0 spiro atoms. The predicted octanol–water partition coefficient (Wildman–Crippen LogP) is 4.10. The third kappa shape index (κ3) is 2.40. The molecule has 0 bridgehead atoms. The van der Waals surface area contributed by atoms with Gasteiger partial charge in [-0.3, -0.25) is 0 Å². The summed E-state index contributed by atoms with van der Waals surface area (Å²) in [5.74, 6) is 0.648. The summed E-state index contributed by atoms with van der Waals surface area (Å²) >= 11 is 0. The van der Waals surface area contributed by atoms with Crippen molar-refractivity contribution < 1.29 is 4.42 Å². The van der Waals surface area contributed by atoms with E-state index in [9.17, 15) is 0 Å². The summed E-state index contributed by atoms with van der Waals surface area (Å²) in [5.41, 5.74) is 6.92. The number of para-hydroxylation sites is 2. The van der Waals surface area contributed by atoms with E-state index in [0.717, 1.165) is 25.1 Å². The smallest absolute Gasteiger partial charge is 0.137 e. The molecule has 0 saturated carbocycles. The van der Waals surface area contributed by atoms with Crippen molar-refractivity contribution in [2.45, 2.75) is 24.8 Å². The SMILES string of the molecule is CN1CCN2c3c(cccc31)[C@@H]1CN(CCc3cccc4ccoc34)CC[C@@H]12. The molecule has 2 aromatic carbocycles. The largest absolute Gasteiger partial charge is 0.464 e. The summed E-state index contributed by atoms with van der Waals surface area (Å²) in [6.45, 7) is 5.79. The Bertz CT molecular complexity index is 1030. The number of piperidine rings is 1. The van der Waals surface area contributed by atoms with Crippen molar-refractivity contribution in [2.75, 3.05) is 49.6 Å². The van der Waals surface area contributed by atoms with Gasteiger partial charge < -0.3 is 19.1 Å². The van der Waals surface area contributed by atoms with Gasteiger partial charge in [-0.25, -0.2) is 0 Å². The highest BCUT2D eigenvalue weighted by Crippen LogP contribution is 2.50. The van der Waals surface area contributed by atoms with Crippen LogP contribution in [0.2, 0.25) is 0 Å². The molecule has 0 radical (unpaired) electrons. The monoisotopic (exact) mass is 373 g/mol. The van der Waals surface area contributed by atoms with Gasteiger partial charge in [0.15, 0.2) is 0 Å². The lowest BCUT2D eigenvalue weighted by Gasteiger charge is -2.41. The number of likely N-dealkylation sites (N-methyl/N-ethyl adjacent to an activating group) is 1. The molecule has 0 aliphatic carbocycles. The summed E-state index contributed by atoms with van der Waals surface area (Å²) in [6, 6.07) is 16.2. The number of furan rings is 1. The Morgan fingerprint density at radius 2 is 1.96 bits per heavy atom. The lowest BCUT2D eigenvalue weighted by atomic mass is 9.89. The molecule has 6 rings (SSSR count). The molecule has 2 atom stereocenters. The molecule has 4 heterocycles. The zero-order chi connectivity index (χ0) is 18.7. The maximum atomic E-state index is 5.73. The predicted molar refractivity (Wildman–Crippen MR) is 115 cm³/mol. The molecule has 1 aromatic heterocycles. The zero-order valence-corrected chi connectivity index (χ0v) is 16.5. The highest BCUT2D eigenvalue weighted by atomic mass is 16.3. The highest BCUT2D eigenvalue weighted by molar-refractivity contribution is 5.81. The van der Waals surface area contributed by atoms with Crippen LogP contribution in [0.25, 0.3) is 11.0 Å². The maximum Gasteiger partial charge on any atom is 0.137 e. The number of benzene rings is 2. The maximum absolute atomic E-state index is 5.73. The average molecular weight is 374 g/mol. The van der Waals surface area contributed by atoms with Crippen molar-refractivity contribution in [3.05, 3.63) is 59.9 Å². The van der Waals surface area contributed by atoms with E-state index < -0.39 is 0 Å².